The summed E-state index contributed by atoms with van der Waals surface area (Å²) in [6.07, 6.45) is 3.50. The summed E-state index contributed by atoms with van der Waals surface area (Å²) in [6, 6.07) is 8.87. The van der Waals surface area contributed by atoms with Crippen LogP contribution in [0.15, 0.2) is 24.3 Å². The number of nitrogens with zero attached hydrogens (tertiary/aromatic N) is 3. The first-order valence-electron chi connectivity index (χ1n) is 8.80. The van der Waals surface area contributed by atoms with E-state index in [0.29, 0.717) is 11.9 Å². The van der Waals surface area contributed by atoms with Crippen molar-refractivity contribution in [1.82, 2.24) is 20.1 Å². The number of rotatable bonds is 5. The molecule has 4 rings (SSSR count). The molecule has 0 aliphatic heterocycles. The Morgan fingerprint density at radius 3 is 2.75 bits per heavy atom. The first kappa shape index (κ1) is 15.4. The van der Waals surface area contributed by atoms with Gasteiger partial charge in [0, 0.05) is 41.0 Å². The zero-order chi connectivity index (χ0) is 16.9. The van der Waals surface area contributed by atoms with Crippen LogP contribution in [0.4, 0.5) is 5.82 Å². The van der Waals surface area contributed by atoms with Crippen molar-refractivity contribution in [3.8, 4) is 0 Å². The van der Waals surface area contributed by atoms with Crippen LogP contribution in [0.5, 0.6) is 0 Å². The van der Waals surface area contributed by atoms with Gasteiger partial charge in [0.2, 0.25) is 0 Å². The number of benzene rings is 1. The van der Waals surface area contributed by atoms with Crippen LogP contribution in [0.2, 0.25) is 0 Å². The monoisotopic (exact) mass is 323 g/mol. The summed E-state index contributed by atoms with van der Waals surface area (Å²) in [5, 5.41) is 10.8. The van der Waals surface area contributed by atoms with E-state index in [1.54, 1.807) is 0 Å². The van der Waals surface area contributed by atoms with Crippen molar-refractivity contribution in [3.63, 3.8) is 0 Å². The summed E-state index contributed by atoms with van der Waals surface area (Å²) >= 11 is 0. The lowest BCUT2D eigenvalue weighted by atomic mass is 9.95. The van der Waals surface area contributed by atoms with Crippen LogP contribution in [0, 0.1) is 0 Å². The molecule has 0 atom stereocenters. The van der Waals surface area contributed by atoms with Crippen LogP contribution >= 0.6 is 0 Å². The van der Waals surface area contributed by atoms with Gasteiger partial charge in [0.1, 0.15) is 5.52 Å². The Hall–Kier alpha value is -2.14. The molecule has 0 amide bonds. The molecule has 5 nitrogen and oxygen atoms in total. The number of nitrogens with two attached hydrogens (primary N) is 1. The van der Waals surface area contributed by atoms with Crippen LogP contribution in [-0.4, -0.2) is 26.3 Å². The average Bonchev–Trinajstić information content (AvgIpc) is 3.26. The Bertz CT molecular complexity index is 905. The molecule has 0 saturated heterocycles. The van der Waals surface area contributed by atoms with E-state index in [2.05, 4.69) is 47.9 Å². The molecule has 5 heteroatoms. The molecule has 3 N–H and O–H groups in total. The maximum atomic E-state index is 6.21. The van der Waals surface area contributed by atoms with Gasteiger partial charge in [0.15, 0.2) is 5.82 Å². The number of aryl methyl sites for hydroxylation is 1. The minimum atomic E-state index is 0.0280. The summed E-state index contributed by atoms with van der Waals surface area (Å²) in [4.78, 5) is 4.53. The van der Waals surface area contributed by atoms with Crippen molar-refractivity contribution in [2.75, 3.05) is 5.73 Å². The van der Waals surface area contributed by atoms with Crippen molar-refractivity contribution >= 4 is 27.6 Å². The van der Waals surface area contributed by atoms with E-state index in [-0.39, 0.29) is 5.54 Å². The van der Waals surface area contributed by atoms with Gasteiger partial charge in [-0.15, -0.1) is 0 Å². The fourth-order valence-electron chi connectivity index (χ4n) is 3.62. The van der Waals surface area contributed by atoms with Crippen LogP contribution in [0.1, 0.15) is 39.3 Å². The van der Waals surface area contributed by atoms with E-state index in [4.69, 9.17) is 10.8 Å². The summed E-state index contributed by atoms with van der Waals surface area (Å²) in [6.45, 7) is 7.51. The fourth-order valence-corrected chi connectivity index (χ4v) is 3.62. The molecule has 0 spiro atoms. The number of hydrogen-bond donors (Lipinski definition) is 2. The Labute approximate surface area is 142 Å². The number of para-hydroxylation sites is 1. The topological polar surface area (TPSA) is 68.8 Å². The van der Waals surface area contributed by atoms with Gasteiger partial charge >= 0.3 is 0 Å². The molecule has 3 aromatic rings. The van der Waals surface area contributed by atoms with Crippen molar-refractivity contribution < 1.29 is 0 Å². The lowest BCUT2D eigenvalue weighted by molar-refractivity contribution is 0.372. The number of pyridine rings is 1. The fraction of sp³-hybridized carbons (Fsp3) is 0.474. The third-order valence-electron chi connectivity index (χ3n) is 4.80. The SMILES string of the molecule is CCn1nc2c(N)nc3ccccc3c2c1CC(C)(C)NC1CC1. The smallest absolute Gasteiger partial charge is 0.152 e. The molecule has 2 heterocycles. The molecule has 0 bridgehead atoms. The first-order valence-corrected chi connectivity index (χ1v) is 8.80. The molecule has 2 aromatic heterocycles. The average molecular weight is 323 g/mol. The van der Waals surface area contributed by atoms with Gasteiger partial charge in [-0.2, -0.15) is 5.10 Å². The van der Waals surface area contributed by atoms with E-state index in [0.717, 1.165) is 34.8 Å². The predicted molar refractivity (Wildman–Crippen MR) is 99.1 cm³/mol. The Balaban J connectivity index is 1.91. The Kier molecular flexibility index (Phi) is 3.49. The lowest BCUT2D eigenvalue weighted by Crippen LogP contribution is -2.43. The molecule has 0 unspecified atom stereocenters. The number of fused-ring (bicyclic) bond motifs is 3. The zero-order valence-corrected chi connectivity index (χ0v) is 14.6. The quantitative estimate of drug-likeness (QED) is 0.756. The highest BCUT2D eigenvalue weighted by Gasteiger charge is 2.31. The molecule has 1 fully saturated rings. The maximum absolute atomic E-state index is 6.21. The maximum Gasteiger partial charge on any atom is 0.152 e. The third kappa shape index (κ3) is 2.63. The van der Waals surface area contributed by atoms with Crippen molar-refractivity contribution in [1.29, 1.82) is 0 Å². The van der Waals surface area contributed by atoms with Gasteiger partial charge in [-0.05, 0) is 39.7 Å². The molecular weight excluding hydrogens is 298 g/mol. The van der Waals surface area contributed by atoms with Gasteiger partial charge < -0.3 is 11.1 Å². The molecular formula is C19H25N5. The number of nitrogens with one attached hydrogen (secondary N) is 1. The number of nitrogen functional groups attached to an aromatic ring is 1. The van der Waals surface area contributed by atoms with Crippen molar-refractivity contribution in [2.45, 2.75) is 58.2 Å². The van der Waals surface area contributed by atoms with Crippen LogP contribution in [-0.2, 0) is 13.0 Å². The van der Waals surface area contributed by atoms with Crippen LogP contribution in [0.3, 0.4) is 0 Å². The van der Waals surface area contributed by atoms with E-state index >= 15 is 0 Å². The van der Waals surface area contributed by atoms with Crippen LogP contribution in [0.25, 0.3) is 21.8 Å². The van der Waals surface area contributed by atoms with E-state index in [9.17, 15) is 0 Å². The normalized spacial score (nSPS) is 15.5. The van der Waals surface area contributed by atoms with Gasteiger partial charge in [-0.25, -0.2) is 4.98 Å². The van der Waals surface area contributed by atoms with Gasteiger partial charge in [-0.3, -0.25) is 4.68 Å². The zero-order valence-electron chi connectivity index (χ0n) is 14.6. The van der Waals surface area contributed by atoms with E-state index in [1.807, 2.05) is 12.1 Å². The molecule has 1 aromatic carbocycles. The second-order valence-corrected chi connectivity index (χ2v) is 7.48. The molecule has 24 heavy (non-hydrogen) atoms. The molecule has 126 valence electrons. The second-order valence-electron chi connectivity index (χ2n) is 7.48. The first-order chi connectivity index (χ1) is 11.5. The number of anilines is 1. The predicted octanol–water partition coefficient (Wildman–Crippen LogP) is 3.26. The van der Waals surface area contributed by atoms with Crippen molar-refractivity contribution in [3.05, 3.63) is 30.0 Å². The third-order valence-corrected chi connectivity index (χ3v) is 4.80. The highest BCUT2D eigenvalue weighted by atomic mass is 15.3. The summed E-state index contributed by atoms with van der Waals surface area (Å²) < 4.78 is 2.09. The lowest BCUT2D eigenvalue weighted by Gasteiger charge is -2.27. The summed E-state index contributed by atoms with van der Waals surface area (Å²) in [5.41, 5.74) is 9.25. The Morgan fingerprint density at radius 1 is 1.29 bits per heavy atom. The van der Waals surface area contributed by atoms with Crippen LogP contribution < -0.4 is 11.1 Å². The Morgan fingerprint density at radius 2 is 2.04 bits per heavy atom. The molecule has 1 aliphatic rings. The molecule has 1 saturated carbocycles. The minimum absolute atomic E-state index is 0.0280. The van der Waals surface area contributed by atoms with Gasteiger partial charge in [-0.1, -0.05) is 18.2 Å². The standard InChI is InChI=1S/C19H25N5/c1-4-24-15(11-19(2,3)22-12-9-10-12)16-13-7-5-6-8-14(13)21-18(20)17(16)23-24/h5-8,12,22H,4,9-11H2,1-3H3,(H2,20,21). The van der Waals surface area contributed by atoms with E-state index < -0.39 is 0 Å². The van der Waals surface area contributed by atoms with Gasteiger partial charge in [0.25, 0.3) is 0 Å². The summed E-state index contributed by atoms with van der Waals surface area (Å²) in [7, 11) is 0. The minimum Gasteiger partial charge on any atom is -0.382 e. The number of aromatic nitrogens is 3. The largest absolute Gasteiger partial charge is 0.382 e. The highest BCUT2D eigenvalue weighted by molar-refractivity contribution is 6.09. The molecule has 1 aliphatic carbocycles. The van der Waals surface area contributed by atoms with E-state index in [1.165, 1.54) is 18.5 Å². The summed E-state index contributed by atoms with van der Waals surface area (Å²) in [5.74, 6) is 0.519. The molecule has 0 radical (unpaired) electrons. The highest BCUT2D eigenvalue weighted by Crippen LogP contribution is 2.33. The van der Waals surface area contributed by atoms with Gasteiger partial charge in [0.05, 0.1) is 5.52 Å². The van der Waals surface area contributed by atoms with Crippen molar-refractivity contribution in [2.24, 2.45) is 0 Å². The second kappa shape index (κ2) is 5.45. The number of hydrogen-bond acceptors (Lipinski definition) is 4.